The Morgan fingerprint density at radius 3 is 2.43 bits per heavy atom. The standard InChI is InChI=1S/C17H15NO3/c1-12(19)18-15-8-5-13(6-9-15)7-10-17(21)14-3-2-4-16(20)11-14/h2-11,20H,1H3,(H,18,19). The maximum absolute atomic E-state index is 11.9. The largest absolute Gasteiger partial charge is 0.508 e. The Bertz CT molecular complexity index is 687. The van der Waals surface area contributed by atoms with Gasteiger partial charge in [-0.05, 0) is 35.9 Å². The van der Waals surface area contributed by atoms with Crippen LogP contribution in [-0.4, -0.2) is 16.8 Å². The van der Waals surface area contributed by atoms with Crippen molar-refractivity contribution in [1.82, 2.24) is 0 Å². The second-order valence-corrected chi connectivity index (χ2v) is 4.55. The SMILES string of the molecule is CC(=O)Nc1ccc(C=CC(=O)c2cccc(O)c2)cc1. The van der Waals surface area contributed by atoms with Gasteiger partial charge >= 0.3 is 0 Å². The molecule has 0 aromatic heterocycles. The van der Waals surface area contributed by atoms with Gasteiger partial charge in [-0.25, -0.2) is 0 Å². The van der Waals surface area contributed by atoms with Crippen LogP contribution in [0.2, 0.25) is 0 Å². The van der Waals surface area contributed by atoms with Gasteiger partial charge in [-0.2, -0.15) is 0 Å². The maximum atomic E-state index is 11.9. The third kappa shape index (κ3) is 4.31. The number of rotatable bonds is 4. The lowest BCUT2D eigenvalue weighted by Crippen LogP contribution is -2.05. The summed E-state index contributed by atoms with van der Waals surface area (Å²) < 4.78 is 0. The summed E-state index contributed by atoms with van der Waals surface area (Å²) in [5.41, 5.74) is 1.98. The fourth-order valence-corrected chi connectivity index (χ4v) is 1.81. The van der Waals surface area contributed by atoms with Gasteiger partial charge in [-0.1, -0.05) is 30.3 Å². The molecule has 0 atom stereocenters. The number of phenols is 1. The van der Waals surface area contributed by atoms with E-state index >= 15 is 0 Å². The minimum absolute atomic E-state index is 0.0638. The molecule has 0 heterocycles. The molecule has 0 aliphatic heterocycles. The molecule has 0 saturated heterocycles. The summed E-state index contributed by atoms with van der Waals surface area (Å²) in [6, 6.07) is 13.3. The fraction of sp³-hybridized carbons (Fsp3) is 0.0588. The lowest BCUT2D eigenvalue weighted by Gasteiger charge is -2.01. The van der Waals surface area contributed by atoms with E-state index < -0.39 is 0 Å². The highest BCUT2D eigenvalue weighted by molar-refractivity contribution is 6.07. The highest BCUT2D eigenvalue weighted by Gasteiger charge is 2.02. The highest BCUT2D eigenvalue weighted by atomic mass is 16.3. The number of ketones is 1. The topological polar surface area (TPSA) is 66.4 Å². The first-order valence-electron chi connectivity index (χ1n) is 6.44. The molecule has 0 bridgehead atoms. The van der Waals surface area contributed by atoms with Crippen LogP contribution in [-0.2, 0) is 4.79 Å². The van der Waals surface area contributed by atoms with E-state index in [4.69, 9.17) is 0 Å². The van der Waals surface area contributed by atoms with Gasteiger partial charge in [0.2, 0.25) is 5.91 Å². The minimum atomic E-state index is -0.183. The Hall–Kier alpha value is -2.88. The van der Waals surface area contributed by atoms with Crippen LogP contribution in [0.1, 0.15) is 22.8 Å². The van der Waals surface area contributed by atoms with Crippen molar-refractivity contribution in [3.05, 3.63) is 65.7 Å². The molecule has 2 aromatic rings. The summed E-state index contributed by atoms with van der Waals surface area (Å²) in [7, 11) is 0. The molecule has 0 radical (unpaired) electrons. The average Bonchev–Trinajstić information content (AvgIpc) is 2.45. The summed E-state index contributed by atoms with van der Waals surface area (Å²) in [6.45, 7) is 1.45. The number of hydrogen-bond donors (Lipinski definition) is 2. The predicted octanol–water partition coefficient (Wildman–Crippen LogP) is 3.25. The summed E-state index contributed by atoms with van der Waals surface area (Å²) in [5, 5.41) is 12.0. The summed E-state index contributed by atoms with van der Waals surface area (Å²) in [6.07, 6.45) is 3.13. The van der Waals surface area contributed by atoms with Crippen LogP contribution in [0.5, 0.6) is 5.75 Å². The molecule has 0 spiro atoms. The van der Waals surface area contributed by atoms with Crippen LogP contribution in [0.25, 0.3) is 6.08 Å². The third-order valence-corrected chi connectivity index (χ3v) is 2.79. The second-order valence-electron chi connectivity index (χ2n) is 4.55. The Balaban J connectivity index is 2.07. The summed E-state index contributed by atoms with van der Waals surface area (Å²) in [5.74, 6) is -0.247. The highest BCUT2D eigenvalue weighted by Crippen LogP contribution is 2.14. The van der Waals surface area contributed by atoms with Gasteiger partial charge in [-0.3, -0.25) is 9.59 Å². The third-order valence-electron chi connectivity index (χ3n) is 2.79. The molecule has 2 aromatic carbocycles. The van der Waals surface area contributed by atoms with E-state index in [1.54, 1.807) is 42.5 Å². The van der Waals surface area contributed by atoms with E-state index in [9.17, 15) is 14.7 Å². The van der Waals surface area contributed by atoms with Gasteiger partial charge in [0.15, 0.2) is 5.78 Å². The van der Waals surface area contributed by atoms with Gasteiger partial charge in [0.1, 0.15) is 5.75 Å². The molecule has 0 aliphatic carbocycles. The maximum Gasteiger partial charge on any atom is 0.221 e. The average molecular weight is 281 g/mol. The van der Waals surface area contributed by atoms with Crippen LogP contribution < -0.4 is 5.32 Å². The van der Waals surface area contributed by atoms with Crippen LogP contribution in [0.4, 0.5) is 5.69 Å². The summed E-state index contributed by atoms with van der Waals surface area (Å²) >= 11 is 0. The number of allylic oxidation sites excluding steroid dienone is 1. The molecule has 4 nitrogen and oxygen atoms in total. The van der Waals surface area contributed by atoms with Crippen molar-refractivity contribution in [1.29, 1.82) is 0 Å². The molecule has 2 rings (SSSR count). The molecular weight excluding hydrogens is 266 g/mol. The van der Waals surface area contributed by atoms with Gasteiger partial charge in [0, 0.05) is 18.2 Å². The van der Waals surface area contributed by atoms with Crippen molar-refractivity contribution in [2.24, 2.45) is 0 Å². The molecule has 21 heavy (non-hydrogen) atoms. The smallest absolute Gasteiger partial charge is 0.221 e. The summed E-state index contributed by atoms with van der Waals surface area (Å²) in [4.78, 5) is 22.8. The van der Waals surface area contributed by atoms with Crippen molar-refractivity contribution < 1.29 is 14.7 Å². The number of carbonyl (C=O) groups excluding carboxylic acids is 2. The molecule has 0 aliphatic rings. The number of nitrogens with one attached hydrogen (secondary N) is 1. The quantitative estimate of drug-likeness (QED) is 0.668. The molecule has 1 amide bonds. The Labute approximate surface area is 122 Å². The van der Waals surface area contributed by atoms with E-state index in [1.807, 2.05) is 0 Å². The first-order valence-corrected chi connectivity index (χ1v) is 6.44. The Kier molecular flexibility index (Phi) is 4.51. The van der Waals surface area contributed by atoms with Crippen molar-refractivity contribution in [3.63, 3.8) is 0 Å². The molecule has 0 fully saturated rings. The first-order chi connectivity index (χ1) is 10.0. The van der Waals surface area contributed by atoms with Crippen molar-refractivity contribution in [2.45, 2.75) is 6.92 Å². The van der Waals surface area contributed by atoms with Crippen molar-refractivity contribution in [3.8, 4) is 5.75 Å². The number of aromatic hydroxyl groups is 1. The van der Waals surface area contributed by atoms with Crippen molar-refractivity contribution >= 4 is 23.5 Å². The van der Waals surface area contributed by atoms with E-state index in [-0.39, 0.29) is 17.4 Å². The number of benzene rings is 2. The monoisotopic (exact) mass is 281 g/mol. The number of hydrogen-bond acceptors (Lipinski definition) is 3. The Morgan fingerprint density at radius 2 is 1.81 bits per heavy atom. The number of carbonyl (C=O) groups is 2. The van der Waals surface area contributed by atoms with Gasteiger partial charge in [-0.15, -0.1) is 0 Å². The molecule has 2 N–H and O–H groups in total. The van der Waals surface area contributed by atoms with Crippen LogP contribution >= 0.6 is 0 Å². The normalized spacial score (nSPS) is 10.5. The van der Waals surface area contributed by atoms with E-state index in [0.29, 0.717) is 11.3 Å². The van der Waals surface area contributed by atoms with Crippen LogP contribution in [0.3, 0.4) is 0 Å². The molecule has 0 saturated carbocycles. The van der Waals surface area contributed by atoms with Gasteiger partial charge in [0.25, 0.3) is 0 Å². The lowest BCUT2D eigenvalue weighted by molar-refractivity contribution is -0.114. The number of amides is 1. The van der Waals surface area contributed by atoms with Crippen molar-refractivity contribution in [2.75, 3.05) is 5.32 Å². The van der Waals surface area contributed by atoms with Crippen LogP contribution in [0, 0.1) is 0 Å². The number of phenolic OH excluding ortho intramolecular Hbond substituents is 1. The predicted molar refractivity (Wildman–Crippen MR) is 82.2 cm³/mol. The van der Waals surface area contributed by atoms with E-state index in [0.717, 1.165) is 5.56 Å². The van der Waals surface area contributed by atoms with E-state index in [2.05, 4.69) is 5.32 Å². The van der Waals surface area contributed by atoms with Gasteiger partial charge in [0.05, 0.1) is 0 Å². The fourth-order valence-electron chi connectivity index (χ4n) is 1.81. The lowest BCUT2D eigenvalue weighted by atomic mass is 10.1. The number of anilines is 1. The minimum Gasteiger partial charge on any atom is -0.508 e. The first kappa shape index (κ1) is 14.5. The van der Waals surface area contributed by atoms with Crippen LogP contribution in [0.15, 0.2) is 54.6 Å². The molecule has 4 heteroatoms. The van der Waals surface area contributed by atoms with E-state index in [1.165, 1.54) is 25.1 Å². The zero-order chi connectivity index (χ0) is 15.2. The van der Waals surface area contributed by atoms with Gasteiger partial charge < -0.3 is 10.4 Å². The molecule has 0 unspecified atom stereocenters. The zero-order valence-corrected chi connectivity index (χ0v) is 11.5. The molecule has 106 valence electrons. The molecular formula is C17H15NO3. The zero-order valence-electron chi connectivity index (χ0n) is 11.5. The Morgan fingerprint density at radius 1 is 1.10 bits per heavy atom. The second kappa shape index (κ2) is 6.52.